The molecule has 0 saturated heterocycles. The minimum Gasteiger partial charge on any atom is -0.497 e. The summed E-state index contributed by atoms with van der Waals surface area (Å²) in [7, 11) is 1.63. The van der Waals surface area contributed by atoms with E-state index in [2.05, 4.69) is 15.6 Å². The predicted molar refractivity (Wildman–Crippen MR) is 95.5 cm³/mol. The number of nitrogens with one attached hydrogen (secondary N) is 2. The van der Waals surface area contributed by atoms with Crippen molar-refractivity contribution in [2.24, 2.45) is 0 Å². The Hall–Kier alpha value is -3.02. The molecular weight excluding hydrogens is 318 g/mol. The Morgan fingerprint density at radius 1 is 1.28 bits per heavy atom. The van der Waals surface area contributed by atoms with E-state index in [1.165, 1.54) is 0 Å². The van der Waals surface area contributed by atoms with Gasteiger partial charge in [0.05, 0.1) is 13.2 Å². The number of urea groups is 1. The van der Waals surface area contributed by atoms with E-state index in [0.29, 0.717) is 6.54 Å². The summed E-state index contributed by atoms with van der Waals surface area (Å²) < 4.78 is 11.2. The maximum atomic E-state index is 12.1. The zero-order valence-corrected chi connectivity index (χ0v) is 14.5. The van der Waals surface area contributed by atoms with Crippen molar-refractivity contribution in [1.29, 1.82) is 0 Å². The number of amides is 2. The number of carbonyl (C=O) groups excluding carboxylic acids is 1. The number of carbonyl (C=O) groups is 1. The number of methoxy groups -OCH3 is 1. The van der Waals surface area contributed by atoms with Crippen LogP contribution >= 0.6 is 0 Å². The first-order valence-corrected chi connectivity index (χ1v) is 8.09. The second kappa shape index (κ2) is 7.25. The Morgan fingerprint density at radius 2 is 2.04 bits per heavy atom. The summed E-state index contributed by atoms with van der Waals surface area (Å²) >= 11 is 0. The van der Waals surface area contributed by atoms with Crippen LogP contribution in [0.3, 0.4) is 0 Å². The predicted octanol–water partition coefficient (Wildman–Crippen LogP) is 3.71. The molecule has 130 valence electrons. The molecule has 0 spiro atoms. The molecule has 0 saturated carbocycles. The number of nitrogens with zero attached hydrogens (tertiary/aromatic N) is 1. The average Bonchev–Trinajstić information content (AvgIpc) is 2.97. The molecule has 0 aliphatic rings. The second-order valence-corrected chi connectivity index (χ2v) is 5.86. The fourth-order valence-electron chi connectivity index (χ4n) is 2.76. The highest BCUT2D eigenvalue weighted by atomic mass is 16.5. The van der Waals surface area contributed by atoms with Gasteiger partial charge in [-0.15, -0.1) is 0 Å². The van der Waals surface area contributed by atoms with Gasteiger partial charge in [-0.05, 0) is 49.7 Å². The van der Waals surface area contributed by atoms with E-state index in [1.54, 1.807) is 19.5 Å². The molecule has 3 rings (SSSR count). The van der Waals surface area contributed by atoms with Crippen LogP contribution in [0.15, 0.2) is 47.1 Å². The number of furan rings is 1. The van der Waals surface area contributed by atoms with Crippen molar-refractivity contribution in [2.45, 2.75) is 26.4 Å². The lowest BCUT2D eigenvalue weighted by molar-refractivity contribution is 0.236. The summed E-state index contributed by atoms with van der Waals surface area (Å²) in [5, 5.41) is 6.72. The standard InChI is InChI=1S/C19H21N3O3/c1-12-16-10-15(24-3)4-5-17(16)25-18(12)13(2)22-19(23)21-11-14-6-8-20-9-7-14/h4-10,13H,11H2,1-3H3,(H2,21,22,23). The highest BCUT2D eigenvalue weighted by molar-refractivity contribution is 5.84. The van der Waals surface area contributed by atoms with Crippen molar-refractivity contribution in [1.82, 2.24) is 15.6 Å². The van der Waals surface area contributed by atoms with Crippen molar-refractivity contribution >= 4 is 17.0 Å². The third-order valence-electron chi connectivity index (χ3n) is 4.12. The van der Waals surface area contributed by atoms with Crippen LogP contribution in [0, 0.1) is 6.92 Å². The van der Waals surface area contributed by atoms with Crippen molar-refractivity contribution in [2.75, 3.05) is 7.11 Å². The molecule has 0 radical (unpaired) electrons. The van der Waals surface area contributed by atoms with E-state index in [0.717, 1.165) is 33.6 Å². The summed E-state index contributed by atoms with van der Waals surface area (Å²) in [6.07, 6.45) is 3.40. The number of pyridine rings is 1. The molecule has 1 unspecified atom stereocenters. The van der Waals surface area contributed by atoms with E-state index in [9.17, 15) is 4.79 Å². The average molecular weight is 339 g/mol. The zero-order valence-electron chi connectivity index (χ0n) is 14.5. The monoisotopic (exact) mass is 339 g/mol. The number of fused-ring (bicyclic) bond motifs is 1. The van der Waals surface area contributed by atoms with Gasteiger partial charge in [-0.25, -0.2) is 4.79 Å². The van der Waals surface area contributed by atoms with Crippen LogP contribution in [0.25, 0.3) is 11.0 Å². The summed E-state index contributed by atoms with van der Waals surface area (Å²) in [6, 6.07) is 8.89. The van der Waals surface area contributed by atoms with Gasteiger partial charge in [-0.1, -0.05) is 0 Å². The van der Waals surface area contributed by atoms with E-state index < -0.39 is 0 Å². The molecule has 1 atom stereocenters. The maximum absolute atomic E-state index is 12.1. The third kappa shape index (κ3) is 3.74. The Labute approximate surface area is 146 Å². The summed E-state index contributed by atoms with van der Waals surface area (Å²) in [4.78, 5) is 16.1. The second-order valence-electron chi connectivity index (χ2n) is 5.86. The molecule has 2 N–H and O–H groups in total. The number of hydrogen-bond acceptors (Lipinski definition) is 4. The molecular formula is C19H21N3O3. The molecule has 2 aromatic heterocycles. The van der Waals surface area contributed by atoms with Gasteiger partial charge >= 0.3 is 6.03 Å². The minimum absolute atomic E-state index is 0.248. The molecule has 2 amide bonds. The number of aromatic nitrogens is 1. The number of hydrogen-bond donors (Lipinski definition) is 2. The lowest BCUT2D eigenvalue weighted by Crippen LogP contribution is -2.36. The van der Waals surface area contributed by atoms with Gasteiger partial charge in [0, 0.05) is 29.9 Å². The lowest BCUT2D eigenvalue weighted by Gasteiger charge is -2.13. The fourth-order valence-corrected chi connectivity index (χ4v) is 2.76. The molecule has 6 heteroatoms. The topological polar surface area (TPSA) is 76.4 Å². The largest absolute Gasteiger partial charge is 0.497 e. The van der Waals surface area contributed by atoms with Crippen LogP contribution in [-0.2, 0) is 6.54 Å². The Kier molecular flexibility index (Phi) is 4.88. The molecule has 0 aliphatic heterocycles. The smallest absolute Gasteiger partial charge is 0.315 e. The molecule has 1 aromatic carbocycles. The lowest BCUT2D eigenvalue weighted by atomic mass is 10.1. The Morgan fingerprint density at radius 3 is 2.76 bits per heavy atom. The number of benzene rings is 1. The van der Waals surface area contributed by atoms with Crippen LogP contribution in [-0.4, -0.2) is 18.1 Å². The molecule has 2 heterocycles. The summed E-state index contributed by atoms with van der Waals surface area (Å²) in [6.45, 7) is 4.32. The van der Waals surface area contributed by atoms with Gasteiger partial charge < -0.3 is 19.8 Å². The van der Waals surface area contributed by atoms with Gasteiger partial charge in [-0.2, -0.15) is 0 Å². The quantitative estimate of drug-likeness (QED) is 0.743. The minimum atomic E-state index is -0.254. The van der Waals surface area contributed by atoms with Crippen molar-refractivity contribution in [3.8, 4) is 5.75 Å². The van der Waals surface area contributed by atoms with E-state index in [1.807, 2.05) is 44.2 Å². The Bertz CT molecular complexity index is 874. The molecule has 0 aliphatic carbocycles. The van der Waals surface area contributed by atoms with Crippen LogP contribution in [0.4, 0.5) is 4.79 Å². The highest BCUT2D eigenvalue weighted by Gasteiger charge is 2.18. The van der Waals surface area contributed by atoms with Gasteiger partial charge in [0.2, 0.25) is 0 Å². The van der Waals surface area contributed by atoms with Crippen LogP contribution in [0.5, 0.6) is 5.75 Å². The molecule has 3 aromatic rings. The Balaban J connectivity index is 1.68. The normalized spacial score (nSPS) is 12.0. The third-order valence-corrected chi connectivity index (χ3v) is 4.12. The van der Waals surface area contributed by atoms with Crippen molar-refractivity contribution in [3.63, 3.8) is 0 Å². The first kappa shape index (κ1) is 16.8. The van der Waals surface area contributed by atoms with Gasteiger partial charge in [0.25, 0.3) is 0 Å². The van der Waals surface area contributed by atoms with Crippen LogP contribution in [0.1, 0.15) is 29.9 Å². The maximum Gasteiger partial charge on any atom is 0.315 e. The highest BCUT2D eigenvalue weighted by Crippen LogP contribution is 2.31. The molecule has 0 fully saturated rings. The van der Waals surface area contributed by atoms with E-state index in [-0.39, 0.29) is 12.1 Å². The van der Waals surface area contributed by atoms with Crippen LogP contribution in [0.2, 0.25) is 0 Å². The SMILES string of the molecule is COc1ccc2oc(C(C)NC(=O)NCc3ccncc3)c(C)c2c1. The van der Waals surface area contributed by atoms with Crippen molar-refractivity contribution in [3.05, 3.63) is 59.6 Å². The van der Waals surface area contributed by atoms with E-state index in [4.69, 9.17) is 9.15 Å². The first-order chi connectivity index (χ1) is 12.1. The number of ether oxygens (including phenoxy) is 1. The van der Waals surface area contributed by atoms with E-state index >= 15 is 0 Å². The van der Waals surface area contributed by atoms with Gasteiger partial charge in [0.15, 0.2) is 0 Å². The molecule has 25 heavy (non-hydrogen) atoms. The zero-order chi connectivity index (χ0) is 17.8. The van der Waals surface area contributed by atoms with Gasteiger partial charge in [-0.3, -0.25) is 4.98 Å². The number of rotatable bonds is 5. The number of aryl methyl sites for hydroxylation is 1. The van der Waals surface area contributed by atoms with Gasteiger partial charge in [0.1, 0.15) is 17.1 Å². The summed E-state index contributed by atoms with van der Waals surface area (Å²) in [5.74, 6) is 1.51. The first-order valence-electron chi connectivity index (χ1n) is 8.09. The summed E-state index contributed by atoms with van der Waals surface area (Å²) in [5.41, 5.74) is 2.76. The molecule has 0 bridgehead atoms. The van der Waals surface area contributed by atoms with Crippen LogP contribution < -0.4 is 15.4 Å². The fraction of sp³-hybridized carbons (Fsp3) is 0.263. The van der Waals surface area contributed by atoms with Crippen molar-refractivity contribution < 1.29 is 13.9 Å². The molecule has 6 nitrogen and oxygen atoms in total.